The first-order chi connectivity index (χ1) is 12.8. The summed E-state index contributed by atoms with van der Waals surface area (Å²) in [6.45, 7) is 0.121. The van der Waals surface area contributed by atoms with Crippen LogP contribution in [0.1, 0.15) is 11.3 Å². The number of benzene rings is 2. The maximum absolute atomic E-state index is 13.3. The largest absolute Gasteiger partial charge is 0.573 e. The van der Waals surface area contributed by atoms with Crippen LogP contribution in [0.15, 0.2) is 48.8 Å². The maximum Gasteiger partial charge on any atom is 0.573 e. The van der Waals surface area contributed by atoms with Crippen molar-refractivity contribution in [1.82, 2.24) is 9.55 Å². The van der Waals surface area contributed by atoms with E-state index in [1.807, 2.05) is 0 Å². The minimum absolute atomic E-state index is 0.0601. The van der Waals surface area contributed by atoms with Crippen molar-refractivity contribution in [2.75, 3.05) is 0 Å². The fraction of sp³-hybridized carbons (Fsp3) is 0.167. The van der Waals surface area contributed by atoms with E-state index in [1.165, 1.54) is 36.7 Å². The quantitative estimate of drug-likeness (QED) is 0.630. The number of hydrogen-bond donors (Lipinski definition) is 1. The second-order valence-corrected chi connectivity index (χ2v) is 6.06. The second-order valence-electron chi connectivity index (χ2n) is 5.65. The van der Waals surface area contributed by atoms with Gasteiger partial charge in [0.05, 0.1) is 29.3 Å². The Morgan fingerprint density at radius 1 is 1.15 bits per heavy atom. The Morgan fingerprint density at radius 2 is 1.89 bits per heavy atom. The molecule has 0 bridgehead atoms. The average Bonchev–Trinajstić information content (AvgIpc) is 2.98. The van der Waals surface area contributed by atoms with Gasteiger partial charge in [0.1, 0.15) is 11.6 Å². The zero-order valence-electron chi connectivity index (χ0n) is 13.8. The second kappa shape index (κ2) is 7.58. The monoisotopic (exact) mass is 399 g/mol. The van der Waals surface area contributed by atoms with Gasteiger partial charge in [-0.15, -0.1) is 13.2 Å². The molecule has 2 N–H and O–H groups in total. The van der Waals surface area contributed by atoms with E-state index >= 15 is 0 Å². The maximum atomic E-state index is 13.3. The summed E-state index contributed by atoms with van der Waals surface area (Å²) in [5.74, 6) is -0.793. The summed E-state index contributed by atoms with van der Waals surface area (Å²) in [6.07, 6.45) is -3.35. The van der Waals surface area contributed by atoms with Crippen LogP contribution in [-0.4, -0.2) is 15.9 Å². The van der Waals surface area contributed by atoms with Crippen LogP contribution in [-0.2, 0) is 13.1 Å². The minimum Gasteiger partial charge on any atom is -0.405 e. The number of rotatable bonds is 5. The summed E-state index contributed by atoms with van der Waals surface area (Å²) in [5.41, 5.74) is 7.59. The molecule has 27 heavy (non-hydrogen) atoms. The van der Waals surface area contributed by atoms with Gasteiger partial charge in [-0.3, -0.25) is 0 Å². The van der Waals surface area contributed by atoms with E-state index in [-0.39, 0.29) is 23.9 Å². The van der Waals surface area contributed by atoms with Gasteiger partial charge in [-0.25, -0.2) is 9.37 Å². The molecule has 2 aromatic carbocycles. The lowest BCUT2D eigenvalue weighted by molar-refractivity contribution is -0.274. The van der Waals surface area contributed by atoms with E-state index in [9.17, 15) is 17.6 Å². The highest BCUT2D eigenvalue weighted by molar-refractivity contribution is 6.33. The molecule has 0 aliphatic heterocycles. The molecule has 0 amide bonds. The summed E-state index contributed by atoms with van der Waals surface area (Å²) in [4.78, 5) is 4.26. The van der Waals surface area contributed by atoms with Crippen LogP contribution in [0, 0.1) is 5.82 Å². The zero-order chi connectivity index (χ0) is 19.6. The van der Waals surface area contributed by atoms with Crippen molar-refractivity contribution in [3.8, 4) is 17.0 Å². The number of nitrogens with zero attached hydrogens (tertiary/aromatic N) is 2. The molecule has 3 aromatic rings. The number of para-hydroxylation sites is 1. The van der Waals surface area contributed by atoms with Crippen LogP contribution in [0.5, 0.6) is 5.75 Å². The molecule has 142 valence electrons. The van der Waals surface area contributed by atoms with Gasteiger partial charge >= 0.3 is 6.36 Å². The van der Waals surface area contributed by atoms with E-state index in [2.05, 4.69) is 9.72 Å². The number of aromatic nitrogens is 2. The Morgan fingerprint density at radius 3 is 2.56 bits per heavy atom. The third kappa shape index (κ3) is 4.40. The third-order valence-electron chi connectivity index (χ3n) is 3.86. The highest BCUT2D eigenvalue weighted by Gasteiger charge is 2.32. The van der Waals surface area contributed by atoms with Crippen molar-refractivity contribution in [2.24, 2.45) is 5.73 Å². The SMILES string of the molecule is NCc1c(-c2ccc(F)cc2Cl)ncn1Cc1ccccc1OC(F)(F)F. The summed E-state index contributed by atoms with van der Waals surface area (Å²) in [5, 5.41) is 0.163. The lowest BCUT2D eigenvalue weighted by Crippen LogP contribution is -2.19. The van der Waals surface area contributed by atoms with E-state index < -0.39 is 12.2 Å². The topological polar surface area (TPSA) is 53.1 Å². The predicted octanol–water partition coefficient (Wildman–Crippen LogP) is 4.75. The van der Waals surface area contributed by atoms with Gasteiger partial charge in [-0.2, -0.15) is 0 Å². The van der Waals surface area contributed by atoms with Gasteiger partial charge in [0, 0.05) is 17.7 Å². The molecule has 0 saturated heterocycles. The molecule has 0 aliphatic carbocycles. The number of halogens is 5. The fourth-order valence-corrected chi connectivity index (χ4v) is 2.96. The van der Waals surface area contributed by atoms with Crippen molar-refractivity contribution in [3.05, 3.63) is 70.9 Å². The first-order valence-electron chi connectivity index (χ1n) is 7.81. The molecule has 1 aromatic heterocycles. The van der Waals surface area contributed by atoms with Gasteiger partial charge in [0.2, 0.25) is 0 Å². The average molecular weight is 400 g/mol. The first kappa shape index (κ1) is 19.2. The van der Waals surface area contributed by atoms with Gasteiger partial charge in [0.15, 0.2) is 0 Å². The van der Waals surface area contributed by atoms with Gasteiger partial charge in [-0.1, -0.05) is 29.8 Å². The molecule has 0 spiro atoms. The van der Waals surface area contributed by atoms with Crippen molar-refractivity contribution in [2.45, 2.75) is 19.5 Å². The number of hydrogen-bond acceptors (Lipinski definition) is 3. The normalized spacial score (nSPS) is 11.6. The molecule has 0 radical (unpaired) electrons. The number of nitrogens with two attached hydrogens (primary N) is 1. The molecule has 1 heterocycles. The first-order valence-corrected chi connectivity index (χ1v) is 8.19. The van der Waals surface area contributed by atoms with Gasteiger partial charge < -0.3 is 15.0 Å². The highest BCUT2D eigenvalue weighted by atomic mass is 35.5. The summed E-state index contributed by atoms with van der Waals surface area (Å²) >= 11 is 6.09. The molecule has 3 rings (SSSR count). The van der Waals surface area contributed by atoms with E-state index in [1.54, 1.807) is 10.6 Å². The molecule has 0 atom stereocenters. The number of imidazole rings is 1. The van der Waals surface area contributed by atoms with Crippen LogP contribution in [0.3, 0.4) is 0 Å². The zero-order valence-corrected chi connectivity index (χ0v) is 14.6. The van der Waals surface area contributed by atoms with Crippen molar-refractivity contribution < 1.29 is 22.3 Å². The molecule has 0 aliphatic rings. The van der Waals surface area contributed by atoms with Crippen molar-refractivity contribution in [3.63, 3.8) is 0 Å². The molecular weight excluding hydrogens is 386 g/mol. The van der Waals surface area contributed by atoms with Crippen LogP contribution in [0.2, 0.25) is 5.02 Å². The smallest absolute Gasteiger partial charge is 0.405 e. The Balaban J connectivity index is 1.97. The van der Waals surface area contributed by atoms with Crippen LogP contribution >= 0.6 is 11.6 Å². The molecule has 9 heteroatoms. The summed E-state index contributed by atoms with van der Waals surface area (Å²) in [6, 6.07) is 9.69. The Kier molecular flexibility index (Phi) is 5.38. The van der Waals surface area contributed by atoms with Crippen LogP contribution in [0.25, 0.3) is 11.3 Å². The number of ether oxygens (including phenoxy) is 1. The van der Waals surface area contributed by atoms with Crippen molar-refractivity contribution in [1.29, 1.82) is 0 Å². The Hall–Kier alpha value is -2.58. The van der Waals surface area contributed by atoms with E-state index in [4.69, 9.17) is 17.3 Å². The summed E-state index contributed by atoms with van der Waals surface area (Å²) in [7, 11) is 0. The van der Waals surface area contributed by atoms with E-state index in [0.717, 1.165) is 6.07 Å². The predicted molar refractivity (Wildman–Crippen MR) is 92.7 cm³/mol. The molecule has 0 unspecified atom stereocenters. The number of alkyl halides is 3. The highest BCUT2D eigenvalue weighted by Crippen LogP contribution is 2.31. The molecule has 4 nitrogen and oxygen atoms in total. The molecule has 0 saturated carbocycles. The standard InChI is InChI=1S/C18H14ClF4N3O/c19-14-7-12(20)5-6-13(14)17-15(8-24)26(10-25-17)9-11-3-1-2-4-16(11)27-18(21,22)23/h1-7,10H,8-9,24H2. The molecule has 0 fully saturated rings. The van der Waals surface area contributed by atoms with Crippen molar-refractivity contribution >= 4 is 11.6 Å². The lowest BCUT2D eigenvalue weighted by atomic mass is 10.1. The third-order valence-corrected chi connectivity index (χ3v) is 4.18. The Bertz CT molecular complexity index is 956. The fourth-order valence-electron chi connectivity index (χ4n) is 2.71. The Labute approximate surface area is 157 Å². The molecular formula is C18H14ClF4N3O. The summed E-state index contributed by atoms with van der Waals surface area (Å²) < 4.78 is 56.8. The minimum atomic E-state index is -4.80. The van der Waals surface area contributed by atoms with Gasteiger partial charge in [0.25, 0.3) is 0 Å². The van der Waals surface area contributed by atoms with E-state index in [0.29, 0.717) is 22.5 Å². The lowest BCUT2D eigenvalue weighted by Gasteiger charge is -2.15. The van der Waals surface area contributed by atoms with Crippen LogP contribution < -0.4 is 10.5 Å². The van der Waals surface area contributed by atoms with Crippen LogP contribution in [0.4, 0.5) is 17.6 Å². The van der Waals surface area contributed by atoms with Gasteiger partial charge in [-0.05, 0) is 24.3 Å².